The molecule has 0 aromatic carbocycles. The number of hydrogen-bond acceptors (Lipinski definition) is 3. The molecule has 3 nitrogen and oxygen atoms in total. The maximum atomic E-state index is 10.7. The van der Waals surface area contributed by atoms with Gasteiger partial charge in [0.1, 0.15) is 0 Å². The minimum atomic E-state index is -0.914. The van der Waals surface area contributed by atoms with Crippen LogP contribution < -0.4 is 0 Å². The van der Waals surface area contributed by atoms with E-state index in [0.29, 0.717) is 0 Å². The molecule has 1 aromatic rings. The molecule has 0 saturated carbocycles. The van der Waals surface area contributed by atoms with E-state index < -0.39 is 5.97 Å². The fourth-order valence-corrected chi connectivity index (χ4v) is 2.06. The predicted octanol–water partition coefficient (Wildman–Crippen LogP) is 2.10. The quantitative estimate of drug-likeness (QED) is 0.784. The largest absolute Gasteiger partial charge is 0.476 e. The Morgan fingerprint density at radius 2 is 2.33 bits per heavy atom. The summed E-state index contributed by atoms with van der Waals surface area (Å²) in [4.78, 5) is 15.5. The zero-order valence-electron chi connectivity index (χ0n) is 7.13. The SMILES string of the molecule is CCCc1sc(C)nc1C(=O)O. The van der Waals surface area contributed by atoms with Gasteiger partial charge in [-0.1, -0.05) is 13.3 Å². The Hall–Kier alpha value is -0.900. The van der Waals surface area contributed by atoms with E-state index in [-0.39, 0.29) is 5.69 Å². The molecule has 12 heavy (non-hydrogen) atoms. The maximum Gasteiger partial charge on any atom is 0.355 e. The molecule has 0 spiro atoms. The number of nitrogens with zero attached hydrogens (tertiary/aromatic N) is 1. The molecule has 4 heteroatoms. The number of aryl methyl sites for hydroxylation is 2. The number of rotatable bonds is 3. The second kappa shape index (κ2) is 3.67. The lowest BCUT2D eigenvalue weighted by molar-refractivity contribution is 0.0690. The van der Waals surface area contributed by atoms with Gasteiger partial charge < -0.3 is 5.11 Å². The molecule has 1 N–H and O–H groups in total. The lowest BCUT2D eigenvalue weighted by Gasteiger charge is -1.92. The number of thiazole rings is 1. The van der Waals surface area contributed by atoms with Crippen molar-refractivity contribution in [2.24, 2.45) is 0 Å². The minimum absolute atomic E-state index is 0.236. The summed E-state index contributed by atoms with van der Waals surface area (Å²) in [5.74, 6) is -0.914. The molecule has 1 rings (SSSR count). The second-order valence-electron chi connectivity index (χ2n) is 2.56. The molecule has 1 aromatic heterocycles. The highest BCUT2D eigenvalue weighted by molar-refractivity contribution is 7.11. The molecule has 0 bridgehead atoms. The van der Waals surface area contributed by atoms with E-state index >= 15 is 0 Å². The van der Waals surface area contributed by atoms with Gasteiger partial charge in [-0.3, -0.25) is 0 Å². The molecule has 66 valence electrons. The normalized spacial score (nSPS) is 10.2. The molecular weight excluding hydrogens is 174 g/mol. The summed E-state index contributed by atoms with van der Waals surface area (Å²) in [6, 6.07) is 0. The van der Waals surface area contributed by atoms with Gasteiger partial charge in [0.15, 0.2) is 5.69 Å². The van der Waals surface area contributed by atoms with Gasteiger partial charge in [-0.25, -0.2) is 9.78 Å². The number of carbonyl (C=O) groups is 1. The molecular formula is C8H11NO2S. The predicted molar refractivity (Wildman–Crippen MR) is 47.8 cm³/mol. The molecule has 0 aliphatic carbocycles. The first-order chi connectivity index (χ1) is 5.65. The molecule has 0 amide bonds. The minimum Gasteiger partial charge on any atom is -0.476 e. The highest BCUT2D eigenvalue weighted by Gasteiger charge is 2.14. The standard InChI is InChI=1S/C8H11NO2S/c1-3-4-6-7(8(10)11)9-5(2)12-6/h3-4H2,1-2H3,(H,10,11). The van der Waals surface area contributed by atoms with Gasteiger partial charge in [-0.05, 0) is 13.3 Å². The average molecular weight is 185 g/mol. The van der Waals surface area contributed by atoms with Gasteiger partial charge in [-0.2, -0.15) is 0 Å². The van der Waals surface area contributed by atoms with E-state index in [1.54, 1.807) is 0 Å². The lowest BCUT2D eigenvalue weighted by atomic mass is 10.2. The Bertz CT molecular complexity index is 293. The van der Waals surface area contributed by atoms with Gasteiger partial charge in [0.05, 0.1) is 5.01 Å². The van der Waals surface area contributed by atoms with Crippen LogP contribution in [-0.4, -0.2) is 16.1 Å². The highest BCUT2D eigenvalue weighted by atomic mass is 32.1. The smallest absolute Gasteiger partial charge is 0.355 e. The number of aromatic carboxylic acids is 1. The van der Waals surface area contributed by atoms with Crippen molar-refractivity contribution in [2.75, 3.05) is 0 Å². The Balaban J connectivity index is 2.99. The molecule has 1 heterocycles. The molecule has 0 fully saturated rings. The van der Waals surface area contributed by atoms with Crippen LogP contribution in [0.2, 0.25) is 0 Å². The summed E-state index contributed by atoms with van der Waals surface area (Å²) in [6.45, 7) is 3.86. The van der Waals surface area contributed by atoms with Gasteiger partial charge >= 0.3 is 5.97 Å². The van der Waals surface area contributed by atoms with Crippen LogP contribution in [0, 0.1) is 6.92 Å². The third-order valence-corrected chi connectivity index (χ3v) is 2.51. The van der Waals surface area contributed by atoms with E-state index in [2.05, 4.69) is 4.98 Å². The summed E-state index contributed by atoms with van der Waals surface area (Å²) in [6.07, 6.45) is 1.77. The summed E-state index contributed by atoms with van der Waals surface area (Å²) >= 11 is 1.48. The van der Waals surface area contributed by atoms with Crippen molar-refractivity contribution in [2.45, 2.75) is 26.7 Å². The first kappa shape index (κ1) is 9.19. The fourth-order valence-electron chi connectivity index (χ4n) is 1.03. The molecule has 0 atom stereocenters. The van der Waals surface area contributed by atoms with Crippen molar-refractivity contribution < 1.29 is 9.90 Å². The topological polar surface area (TPSA) is 50.2 Å². The highest BCUT2D eigenvalue weighted by Crippen LogP contribution is 2.19. The average Bonchev–Trinajstić information content (AvgIpc) is 2.32. The van der Waals surface area contributed by atoms with Crippen LogP contribution in [0.4, 0.5) is 0 Å². The van der Waals surface area contributed by atoms with Crippen LogP contribution >= 0.6 is 11.3 Å². The molecule has 0 radical (unpaired) electrons. The van der Waals surface area contributed by atoms with Crippen LogP contribution in [0.1, 0.15) is 33.7 Å². The zero-order valence-corrected chi connectivity index (χ0v) is 7.94. The third-order valence-electron chi connectivity index (χ3n) is 1.48. The summed E-state index contributed by atoms with van der Waals surface area (Å²) in [5.41, 5.74) is 0.236. The van der Waals surface area contributed by atoms with E-state index in [9.17, 15) is 4.79 Å². The van der Waals surface area contributed by atoms with Crippen molar-refractivity contribution in [3.63, 3.8) is 0 Å². The summed E-state index contributed by atoms with van der Waals surface area (Å²) < 4.78 is 0. The molecule has 0 unspecified atom stereocenters. The van der Waals surface area contributed by atoms with Gasteiger partial charge in [0.2, 0.25) is 0 Å². The first-order valence-electron chi connectivity index (χ1n) is 3.84. The van der Waals surface area contributed by atoms with E-state index in [1.807, 2.05) is 13.8 Å². The summed E-state index contributed by atoms with van der Waals surface area (Å²) in [5, 5.41) is 9.58. The zero-order chi connectivity index (χ0) is 9.14. The van der Waals surface area contributed by atoms with Crippen molar-refractivity contribution in [3.05, 3.63) is 15.6 Å². The number of carboxylic acids is 1. The monoisotopic (exact) mass is 185 g/mol. The van der Waals surface area contributed by atoms with Crippen molar-refractivity contribution in [1.29, 1.82) is 0 Å². The Morgan fingerprint density at radius 1 is 1.67 bits per heavy atom. The Labute approximate surface area is 75.1 Å². The van der Waals surface area contributed by atoms with Crippen molar-refractivity contribution in [3.8, 4) is 0 Å². The van der Waals surface area contributed by atoms with Crippen LogP contribution in [0.15, 0.2) is 0 Å². The number of hydrogen-bond donors (Lipinski definition) is 1. The molecule has 0 aliphatic heterocycles. The maximum absolute atomic E-state index is 10.7. The number of carboxylic acid groups (broad SMARTS) is 1. The Kier molecular flexibility index (Phi) is 2.81. The van der Waals surface area contributed by atoms with Crippen LogP contribution in [0.5, 0.6) is 0 Å². The second-order valence-corrected chi connectivity index (χ2v) is 3.85. The van der Waals surface area contributed by atoms with Crippen molar-refractivity contribution >= 4 is 17.3 Å². The molecule has 0 saturated heterocycles. The summed E-state index contributed by atoms with van der Waals surface area (Å²) in [7, 11) is 0. The Morgan fingerprint density at radius 3 is 2.83 bits per heavy atom. The van der Waals surface area contributed by atoms with E-state index in [0.717, 1.165) is 22.7 Å². The van der Waals surface area contributed by atoms with Gasteiger partial charge in [0.25, 0.3) is 0 Å². The number of aromatic nitrogens is 1. The van der Waals surface area contributed by atoms with Crippen LogP contribution in [0.3, 0.4) is 0 Å². The van der Waals surface area contributed by atoms with Crippen molar-refractivity contribution in [1.82, 2.24) is 4.98 Å². The molecule has 0 aliphatic rings. The van der Waals surface area contributed by atoms with Gasteiger partial charge in [-0.15, -0.1) is 11.3 Å². The van der Waals surface area contributed by atoms with E-state index in [4.69, 9.17) is 5.11 Å². The van der Waals surface area contributed by atoms with Crippen LogP contribution in [-0.2, 0) is 6.42 Å². The fraction of sp³-hybridized carbons (Fsp3) is 0.500. The van der Waals surface area contributed by atoms with E-state index in [1.165, 1.54) is 11.3 Å². The first-order valence-corrected chi connectivity index (χ1v) is 4.66. The van der Waals surface area contributed by atoms with Gasteiger partial charge in [0, 0.05) is 4.88 Å². The lowest BCUT2D eigenvalue weighted by Crippen LogP contribution is -2.00. The van der Waals surface area contributed by atoms with Crippen LogP contribution in [0.25, 0.3) is 0 Å². The third kappa shape index (κ3) is 1.82.